The van der Waals surface area contributed by atoms with Crippen molar-refractivity contribution in [2.24, 2.45) is 11.8 Å². The van der Waals surface area contributed by atoms with Crippen molar-refractivity contribution in [3.05, 3.63) is 65.2 Å². The van der Waals surface area contributed by atoms with Gasteiger partial charge in [-0.15, -0.1) is 5.06 Å². The molecule has 2 aromatic carbocycles. The Kier molecular flexibility index (Phi) is 7.49. The van der Waals surface area contributed by atoms with Crippen LogP contribution in [0.1, 0.15) is 65.2 Å². The van der Waals surface area contributed by atoms with Gasteiger partial charge in [-0.1, -0.05) is 70.2 Å². The van der Waals surface area contributed by atoms with Crippen LogP contribution >= 0.6 is 0 Å². The van der Waals surface area contributed by atoms with Crippen LogP contribution in [0, 0.1) is 11.8 Å². The highest BCUT2D eigenvalue weighted by Crippen LogP contribution is 2.33. The first-order valence-electron chi connectivity index (χ1n) is 10.4. The van der Waals surface area contributed by atoms with Crippen molar-refractivity contribution in [2.75, 3.05) is 6.54 Å². The van der Waals surface area contributed by atoms with Crippen molar-refractivity contribution in [2.45, 2.75) is 66.8 Å². The Bertz CT molecular complexity index is 704. The van der Waals surface area contributed by atoms with Crippen molar-refractivity contribution in [1.82, 2.24) is 5.06 Å². The second kappa shape index (κ2) is 9.41. The molecule has 2 nitrogen and oxygen atoms in total. The van der Waals surface area contributed by atoms with Crippen LogP contribution in [0.15, 0.2) is 48.5 Å². The third kappa shape index (κ3) is 5.59. The van der Waals surface area contributed by atoms with E-state index in [1.54, 1.807) is 0 Å². The van der Waals surface area contributed by atoms with Crippen LogP contribution in [0.2, 0.25) is 0 Å². The molecule has 0 spiro atoms. The second-order valence-electron chi connectivity index (χ2n) is 8.80. The summed E-state index contributed by atoms with van der Waals surface area (Å²) in [5, 5.41) is 2.11. The molecule has 0 aliphatic heterocycles. The van der Waals surface area contributed by atoms with Crippen LogP contribution in [-0.4, -0.2) is 11.6 Å². The van der Waals surface area contributed by atoms with Gasteiger partial charge in [0.15, 0.2) is 5.75 Å². The van der Waals surface area contributed by atoms with E-state index in [-0.39, 0.29) is 5.54 Å². The van der Waals surface area contributed by atoms with Crippen molar-refractivity contribution in [3.63, 3.8) is 0 Å². The average molecular weight is 368 g/mol. The highest BCUT2D eigenvalue weighted by atomic mass is 16.7. The van der Waals surface area contributed by atoms with Gasteiger partial charge in [0.1, 0.15) is 0 Å². The molecule has 0 atom stereocenters. The molecule has 2 aromatic rings. The van der Waals surface area contributed by atoms with Gasteiger partial charge < -0.3 is 4.84 Å². The SMILES string of the molecule is CCN(Oc1cccc(CC(C)C)c1CC(C)C)C(C)(C)c1ccccc1. The van der Waals surface area contributed by atoms with Crippen molar-refractivity contribution in [1.29, 1.82) is 0 Å². The minimum absolute atomic E-state index is 0.209. The standard InChI is InChI=1S/C25H37NO/c1-8-26(25(6,7)22-14-10-9-11-15-22)27-24-16-12-13-21(17-19(2)3)23(24)18-20(4)5/h9-16,19-20H,8,17-18H2,1-7H3. The summed E-state index contributed by atoms with van der Waals surface area (Å²) >= 11 is 0. The van der Waals surface area contributed by atoms with E-state index in [4.69, 9.17) is 4.84 Å². The lowest BCUT2D eigenvalue weighted by atomic mass is 9.92. The van der Waals surface area contributed by atoms with E-state index < -0.39 is 0 Å². The molecule has 0 unspecified atom stereocenters. The van der Waals surface area contributed by atoms with Crippen LogP contribution in [0.4, 0.5) is 0 Å². The van der Waals surface area contributed by atoms with Gasteiger partial charge in [0.05, 0.1) is 5.54 Å². The van der Waals surface area contributed by atoms with Gasteiger partial charge in [0.25, 0.3) is 0 Å². The molecule has 27 heavy (non-hydrogen) atoms. The Morgan fingerprint density at radius 3 is 2.04 bits per heavy atom. The fourth-order valence-corrected chi connectivity index (χ4v) is 3.65. The molecule has 0 N–H and O–H groups in total. The largest absolute Gasteiger partial charge is 0.405 e. The minimum atomic E-state index is -0.209. The van der Waals surface area contributed by atoms with Gasteiger partial charge >= 0.3 is 0 Å². The molecule has 0 aromatic heterocycles. The molecule has 0 heterocycles. The number of hydroxylamine groups is 2. The Hall–Kier alpha value is -1.80. The van der Waals surface area contributed by atoms with E-state index in [1.165, 1.54) is 16.7 Å². The normalized spacial score (nSPS) is 12.2. The molecule has 0 saturated carbocycles. The Balaban J connectivity index is 2.38. The highest BCUT2D eigenvalue weighted by Gasteiger charge is 2.30. The summed E-state index contributed by atoms with van der Waals surface area (Å²) in [7, 11) is 0. The lowest BCUT2D eigenvalue weighted by Crippen LogP contribution is -2.44. The van der Waals surface area contributed by atoms with Gasteiger partial charge in [0.2, 0.25) is 0 Å². The number of hydrogen-bond donors (Lipinski definition) is 0. The van der Waals surface area contributed by atoms with Crippen LogP contribution in [0.5, 0.6) is 5.75 Å². The van der Waals surface area contributed by atoms with Crippen LogP contribution in [-0.2, 0) is 18.4 Å². The van der Waals surface area contributed by atoms with Gasteiger partial charge in [-0.25, -0.2) is 0 Å². The van der Waals surface area contributed by atoms with E-state index in [0.29, 0.717) is 11.8 Å². The first kappa shape index (κ1) is 21.5. The average Bonchev–Trinajstić information content (AvgIpc) is 2.61. The molecule has 0 saturated heterocycles. The minimum Gasteiger partial charge on any atom is -0.405 e. The molecule has 2 heteroatoms. The topological polar surface area (TPSA) is 12.5 Å². The molecular formula is C25H37NO. The maximum absolute atomic E-state index is 6.57. The lowest BCUT2D eigenvalue weighted by Gasteiger charge is -2.38. The Morgan fingerprint density at radius 1 is 0.852 bits per heavy atom. The fourth-order valence-electron chi connectivity index (χ4n) is 3.65. The lowest BCUT2D eigenvalue weighted by molar-refractivity contribution is -0.133. The van der Waals surface area contributed by atoms with Gasteiger partial charge in [0, 0.05) is 12.1 Å². The molecule has 148 valence electrons. The van der Waals surface area contributed by atoms with Crippen molar-refractivity contribution in [3.8, 4) is 5.75 Å². The molecule has 0 amide bonds. The fraction of sp³-hybridized carbons (Fsp3) is 0.520. The monoisotopic (exact) mass is 367 g/mol. The Morgan fingerprint density at radius 2 is 1.48 bits per heavy atom. The Labute approximate surface area is 166 Å². The summed E-state index contributed by atoms with van der Waals surface area (Å²) in [5.74, 6) is 2.24. The number of rotatable bonds is 9. The van der Waals surface area contributed by atoms with Crippen LogP contribution in [0.3, 0.4) is 0 Å². The molecular weight excluding hydrogens is 330 g/mol. The van der Waals surface area contributed by atoms with Gasteiger partial charge in [-0.3, -0.25) is 0 Å². The molecule has 2 rings (SSSR count). The quantitative estimate of drug-likeness (QED) is 0.461. The van der Waals surface area contributed by atoms with E-state index in [9.17, 15) is 0 Å². The predicted octanol–water partition coefficient (Wildman–Crippen LogP) is 6.63. The smallest absolute Gasteiger partial charge is 0.150 e. The van der Waals surface area contributed by atoms with Crippen LogP contribution < -0.4 is 4.84 Å². The zero-order valence-corrected chi connectivity index (χ0v) is 18.3. The first-order chi connectivity index (χ1) is 12.8. The van der Waals surface area contributed by atoms with E-state index in [1.807, 2.05) is 0 Å². The summed E-state index contributed by atoms with van der Waals surface area (Å²) in [6, 6.07) is 17.1. The third-order valence-corrected chi connectivity index (χ3v) is 5.07. The number of hydrogen-bond acceptors (Lipinski definition) is 2. The van der Waals surface area contributed by atoms with E-state index >= 15 is 0 Å². The zero-order valence-electron chi connectivity index (χ0n) is 18.3. The maximum Gasteiger partial charge on any atom is 0.150 e. The van der Waals surface area contributed by atoms with E-state index in [2.05, 4.69) is 102 Å². The predicted molar refractivity (Wildman–Crippen MR) is 116 cm³/mol. The van der Waals surface area contributed by atoms with E-state index in [0.717, 1.165) is 25.1 Å². The van der Waals surface area contributed by atoms with Crippen molar-refractivity contribution >= 4 is 0 Å². The summed E-state index contributed by atoms with van der Waals surface area (Å²) in [4.78, 5) is 6.57. The number of benzene rings is 2. The van der Waals surface area contributed by atoms with Gasteiger partial charge in [-0.05, 0) is 62.6 Å². The highest BCUT2D eigenvalue weighted by molar-refractivity contribution is 5.41. The summed E-state index contributed by atoms with van der Waals surface area (Å²) in [6.07, 6.45) is 2.13. The number of nitrogens with zero attached hydrogens (tertiary/aromatic N) is 1. The zero-order chi connectivity index (χ0) is 20.0. The molecule has 0 aliphatic carbocycles. The molecule has 0 aliphatic rings. The maximum atomic E-state index is 6.57. The summed E-state index contributed by atoms with van der Waals surface area (Å²) < 4.78 is 0. The third-order valence-electron chi connectivity index (χ3n) is 5.07. The second-order valence-corrected chi connectivity index (χ2v) is 8.80. The molecule has 0 radical (unpaired) electrons. The first-order valence-corrected chi connectivity index (χ1v) is 10.4. The molecule has 0 bridgehead atoms. The van der Waals surface area contributed by atoms with Gasteiger partial charge in [-0.2, -0.15) is 0 Å². The van der Waals surface area contributed by atoms with Crippen molar-refractivity contribution < 1.29 is 4.84 Å². The van der Waals surface area contributed by atoms with Crippen LogP contribution in [0.25, 0.3) is 0 Å². The summed E-state index contributed by atoms with van der Waals surface area (Å²) in [6.45, 7) is 16.6. The summed E-state index contributed by atoms with van der Waals surface area (Å²) in [5.41, 5.74) is 3.84. The molecule has 0 fully saturated rings.